The van der Waals surface area contributed by atoms with Gasteiger partial charge in [0.2, 0.25) is 11.8 Å². The topological polar surface area (TPSA) is 116 Å². The molecule has 0 aliphatic carbocycles. The van der Waals surface area contributed by atoms with Gasteiger partial charge in [0, 0.05) is 62.7 Å². The van der Waals surface area contributed by atoms with Crippen LogP contribution in [-0.2, 0) is 9.59 Å². The molecule has 4 rings (SSSR count). The van der Waals surface area contributed by atoms with Gasteiger partial charge in [-0.15, -0.1) is 0 Å². The van der Waals surface area contributed by atoms with Crippen LogP contribution in [0.2, 0.25) is 0 Å². The molecule has 3 amide bonds. The second kappa shape index (κ2) is 9.68. The molecule has 10 nitrogen and oxygen atoms in total. The van der Waals surface area contributed by atoms with Gasteiger partial charge in [0.15, 0.2) is 0 Å². The minimum absolute atomic E-state index is 0.118. The van der Waals surface area contributed by atoms with Crippen LogP contribution in [0.15, 0.2) is 54.6 Å². The normalized spacial score (nSPS) is 18.6. The number of piperazine rings is 2. The summed E-state index contributed by atoms with van der Waals surface area (Å²) in [4.78, 5) is 54.4. The molecule has 2 heterocycles. The first-order valence-electron chi connectivity index (χ1n) is 10.8. The molecule has 2 fully saturated rings. The number of hydrogen-bond donors (Lipinski definition) is 1. The minimum Gasteiger partial charge on any atom is -0.368 e. The van der Waals surface area contributed by atoms with Gasteiger partial charge in [0.1, 0.15) is 6.04 Å². The van der Waals surface area contributed by atoms with Crippen molar-refractivity contribution in [1.82, 2.24) is 15.1 Å². The van der Waals surface area contributed by atoms with Crippen molar-refractivity contribution < 1.29 is 19.3 Å². The van der Waals surface area contributed by atoms with E-state index in [0.29, 0.717) is 26.2 Å². The van der Waals surface area contributed by atoms with Crippen molar-refractivity contribution in [3.05, 3.63) is 70.3 Å². The number of nitrogens with one attached hydrogen (secondary N) is 1. The van der Waals surface area contributed by atoms with E-state index in [4.69, 9.17) is 0 Å². The number of para-hydroxylation sites is 1. The number of amides is 3. The highest BCUT2D eigenvalue weighted by atomic mass is 16.6. The Morgan fingerprint density at radius 1 is 1.00 bits per heavy atom. The fourth-order valence-corrected chi connectivity index (χ4v) is 4.23. The number of benzene rings is 2. The molecule has 0 radical (unpaired) electrons. The Morgan fingerprint density at radius 2 is 1.73 bits per heavy atom. The van der Waals surface area contributed by atoms with Crippen LogP contribution in [0.1, 0.15) is 16.8 Å². The van der Waals surface area contributed by atoms with Crippen LogP contribution >= 0.6 is 0 Å². The van der Waals surface area contributed by atoms with Crippen LogP contribution in [-0.4, -0.2) is 77.8 Å². The van der Waals surface area contributed by atoms with Gasteiger partial charge < -0.3 is 20.0 Å². The molecule has 0 saturated carbocycles. The third-order valence-electron chi connectivity index (χ3n) is 6.02. The van der Waals surface area contributed by atoms with Crippen molar-refractivity contribution in [2.45, 2.75) is 12.5 Å². The molecule has 0 spiro atoms. The average Bonchev–Trinajstić information content (AvgIpc) is 2.85. The lowest BCUT2D eigenvalue weighted by molar-refractivity contribution is -0.384. The van der Waals surface area contributed by atoms with Crippen molar-refractivity contribution in [3.8, 4) is 0 Å². The molecule has 2 aromatic rings. The number of nitrogens with zero attached hydrogens (tertiary/aromatic N) is 4. The predicted octanol–water partition coefficient (Wildman–Crippen LogP) is 1.27. The van der Waals surface area contributed by atoms with Gasteiger partial charge in [-0.3, -0.25) is 24.5 Å². The van der Waals surface area contributed by atoms with Crippen molar-refractivity contribution >= 4 is 29.1 Å². The summed E-state index contributed by atoms with van der Waals surface area (Å²) in [6.07, 6.45) is -0.127. The Bertz CT molecular complexity index is 1050. The second-order valence-corrected chi connectivity index (χ2v) is 8.02. The lowest BCUT2D eigenvalue weighted by atomic mass is 10.0. The Morgan fingerprint density at radius 3 is 2.42 bits per heavy atom. The SMILES string of the molecule is O=C1NCCN(C(=O)c2cccc([N+](=O)[O-])c2)[C@H]1CC(=O)N1CCN(c2ccccc2)CC1. The number of nitro benzene ring substituents is 1. The highest BCUT2D eigenvalue weighted by molar-refractivity contribution is 6.00. The fraction of sp³-hybridized carbons (Fsp3) is 0.348. The van der Waals surface area contributed by atoms with E-state index in [-0.39, 0.29) is 36.7 Å². The monoisotopic (exact) mass is 451 g/mol. The maximum absolute atomic E-state index is 13.1. The first kappa shape index (κ1) is 22.3. The Labute approximate surface area is 190 Å². The third-order valence-corrected chi connectivity index (χ3v) is 6.02. The van der Waals surface area contributed by atoms with Gasteiger partial charge in [-0.2, -0.15) is 0 Å². The Balaban J connectivity index is 1.42. The van der Waals surface area contributed by atoms with E-state index in [1.807, 2.05) is 30.3 Å². The fourth-order valence-electron chi connectivity index (χ4n) is 4.23. The van der Waals surface area contributed by atoms with Gasteiger partial charge in [0.05, 0.1) is 11.3 Å². The lowest BCUT2D eigenvalue weighted by Gasteiger charge is -2.38. The average molecular weight is 451 g/mol. The zero-order valence-electron chi connectivity index (χ0n) is 18.1. The van der Waals surface area contributed by atoms with E-state index < -0.39 is 22.8 Å². The minimum atomic E-state index is -0.954. The van der Waals surface area contributed by atoms with Gasteiger partial charge in [-0.1, -0.05) is 24.3 Å². The number of rotatable bonds is 5. The van der Waals surface area contributed by atoms with E-state index in [9.17, 15) is 24.5 Å². The van der Waals surface area contributed by atoms with E-state index in [1.54, 1.807) is 4.90 Å². The highest BCUT2D eigenvalue weighted by Gasteiger charge is 2.37. The molecule has 33 heavy (non-hydrogen) atoms. The molecular formula is C23H25N5O5. The van der Waals surface area contributed by atoms with Crippen LogP contribution in [0.3, 0.4) is 0 Å². The second-order valence-electron chi connectivity index (χ2n) is 8.02. The van der Waals surface area contributed by atoms with Crippen molar-refractivity contribution in [1.29, 1.82) is 0 Å². The number of hydrogen-bond acceptors (Lipinski definition) is 6. The van der Waals surface area contributed by atoms with E-state index in [0.717, 1.165) is 5.69 Å². The number of nitro groups is 1. The summed E-state index contributed by atoms with van der Waals surface area (Å²) >= 11 is 0. The summed E-state index contributed by atoms with van der Waals surface area (Å²) in [5.41, 5.74) is 1.02. The van der Waals surface area contributed by atoms with Crippen LogP contribution in [0.25, 0.3) is 0 Å². The van der Waals surface area contributed by atoms with E-state index in [1.165, 1.54) is 29.2 Å². The lowest BCUT2D eigenvalue weighted by Crippen LogP contribution is -2.59. The summed E-state index contributed by atoms with van der Waals surface area (Å²) in [5.74, 6) is -1.09. The van der Waals surface area contributed by atoms with Crippen molar-refractivity contribution in [2.24, 2.45) is 0 Å². The number of non-ortho nitro benzene ring substituents is 1. The maximum atomic E-state index is 13.1. The maximum Gasteiger partial charge on any atom is 0.270 e. The summed E-state index contributed by atoms with van der Waals surface area (Å²) in [5, 5.41) is 13.8. The van der Waals surface area contributed by atoms with Crippen LogP contribution in [0, 0.1) is 10.1 Å². The summed E-state index contributed by atoms with van der Waals surface area (Å²) in [6.45, 7) is 2.92. The molecule has 2 saturated heterocycles. The summed E-state index contributed by atoms with van der Waals surface area (Å²) in [6, 6.07) is 14.4. The standard InChI is InChI=1S/C23H25N5O5/c29-21(26-13-11-25(12-14-26)18-6-2-1-3-7-18)16-20-22(30)24-9-10-27(20)23(31)17-5-4-8-19(15-17)28(32)33/h1-8,15,20H,9-14,16H2,(H,24,30)/t20-/m0/s1. The number of carbonyl (C=O) groups excluding carboxylic acids is 3. The molecule has 2 aromatic carbocycles. The van der Waals surface area contributed by atoms with Gasteiger partial charge in [-0.25, -0.2) is 0 Å². The summed E-state index contributed by atoms with van der Waals surface area (Å²) < 4.78 is 0. The molecule has 2 aliphatic rings. The largest absolute Gasteiger partial charge is 0.368 e. The molecule has 0 bridgehead atoms. The highest BCUT2D eigenvalue weighted by Crippen LogP contribution is 2.20. The zero-order valence-corrected chi connectivity index (χ0v) is 18.1. The molecule has 1 N–H and O–H groups in total. The van der Waals surface area contributed by atoms with Crippen LogP contribution < -0.4 is 10.2 Å². The first-order valence-corrected chi connectivity index (χ1v) is 10.8. The molecule has 0 unspecified atom stereocenters. The molecule has 172 valence electrons. The molecule has 2 aliphatic heterocycles. The van der Waals surface area contributed by atoms with Crippen LogP contribution in [0.5, 0.6) is 0 Å². The number of anilines is 1. The smallest absolute Gasteiger partial charge is 0.270 e. The third kappa shape index (κ3) is 4.94. The quantitative estimate of drug-likeness (QED) is 0.541. The van der Waals surface area contributed by atoms with Crippen LogP contribution in [0.4, 0.5) is 11.4 Å². The summed E-state index contributed by atoms with van der Waals surface area (Å²) in [7, 11) is 0. The molecular weight excluding hydrogens is 426 g/mol. The Kier molecular flexibility index (Phi) is 6.53. The predicted molar refractivity (Wildman–Crippen MR) is 121 cm³/mol. The molecule has 0 aromatic heterocycles. The molecule has 1 atom stereocenters. The van der Waals surface area contributed by atoms with E-state index in [2.05, 4.69) is 10.2 Å². The Hall–Kier alpha value is -3.95. The van der Waals surface area contributed by atoms with Gasteiger partial charge in [0.25, 0.3) is 11.6 Å². The molecule has 10 heteroatoms. The van der Waals surface area contributed by atoms with Gasteiger partial charge >= 0.3 is 0 Å². The van der Waals surface area contributed by atoms with Crippen molar-refractivity contribution in [3.63, 3.8) is 0 Å². The first-order chi connectivity index (χ1) is 15.9. The zero-order chi connectivity index (χ0) is 23.4. The number of carbonyl (C=O) groups is 3. The van der Waals surface area contributed by atoms with Crippen molar-refractivity contribution in [2.75, 3.05) is 44.2 Å². The van der Waals surface area contributed by atoms with Gasteiger partial charge in [-0.05, 0) is 18.2 Å². The van der Waals surface area contributed by atoms with E-state index >= 15 is 0 Å².